The van der Waals surface area contributed by atoms with E-state index in [1.54, 1.807) is 39.0 Å². The second-order valence-corrected chi connectivity index (χ2v) is 8.60. The lowest BCUT2D eigenvalue weighted by atomic mass is 9.69. The van der Waals surface area contributed by atoms with E-state index in [1.165, 1.54) is 21.3 Å². The van der Waals surface area contributed by atoms with Gasteiger partial charge in [-0.1, -0.05) is 13.0 Å². The standard InChI is InChI=1S/C25H31NO7/c1-12(2)33-25(29)20-14(4)26-16-10-13(3)19(24(28)32-7)23(27)22(16)21(20)15-8-9-17(30-5)18(11-15)31-6/h8-9,11-13,19,21,26H,10H2,1-7H3/t13-,19-,21+/m1/s1. The number of methoxy groups -OCH3 is 3. The summed E-state index contributed by atoms with van der Waals surface area (Å²) in [7, 11) is 4.32. The first-order chi connectivity index (χ1) is 15.6. The molecule has 1 aliphatic carbocycles. The number of hydrogen-bond acceptors (Lipinski definition) is 8. The largest absolute Gasteiger partial charge is 0.493 e. The molecular formula is C25H31NO7. The quantitative estimate of drug-likeness (QED) is 0.513. The second-order valence-electron chi connectivity index (χ2n) is 8.60. The summed E-state index contributed by atoms with van der Waals surface area (Å²) in [5, 5.41) is 3.24. The van der Waals surface area contributed by atoms with E-state index in [9.17, 15) is 14.4 Å². The Labute approximate surface area is 193 Å². The molecule has 2 aliphatic rings. The van der Waals surface area contributed by atoms with Gasteiger partial charge in [-0.2, -0.15) is 0 Å². The maximum absolute atomic E-state index is 13.7. The van der Waals surface area contributed by atoms with Crippen LogP contribution in [0.15, 0.2) is 40.7 Å². The van der Waals surface area contributed by atoms with Crippen LogP contribution in [0.4, 0.5) is 0 Å². The lowest BCUT2D eigenvalue weighted by molar-refractivity contribution is -0.151. The number of dihydropyridines is 1. The van der Waals surface area contributed by atoms with Crippen molar-refractivity contribution in [2.45, 2.75) is 46.1 Å². The van der Waals surface area contributed by atoms with Crippen molar-refractivity contribution in [2.75, 3.05) is 21.3 Å². The maximum atomic E-state index is 13.7. The number of hydrogen-bond donors (Lipinski definition) is 1. The van der Waals surface area contributed by atoms with Crippen LogP contribution in [0.25, 0.3) is 0 Å². The number of allylic oxidation sites excluding steroid dienone is 3. The van der Waals surface area contributed by atoms with Gasteiger partial charge in [-0.15, -0.1) is 0 Å². The lowest BCUT2D eigenvalue weighted by Gasteiger charge is -2.38. The Morgan fingerprint density at radius 3 is 2.33 bits per heavy atom. The van der Waals surface area contributed by atoms with Crippen molar-refractivity contribution < 1.29 is 33.3 Å². The number of Topliss-reactive ketones (excluding diaryl/α,β-unsaturated/α-hetero) is 1. The Morgan fingerprint density at radius 2 is 1.76 bits per heavy atom. The van der Waals surface area contributed by atoms with E-state index in [4.69, 9.17) is 18.9 Å². The van der Waals surface area contributed by atoms with Gasteiger partial charge in [-0.25, -0.2) is 4.79 Å². The van der Waals surface area contributed by atoms with Crippen molar-refractivity contribution in [2.24, 2.45) is 11.8 Å². The average molecular weight is 458 g/mol. The zero-order chi connectivity index (χ0) is 24.4. The van der Waals surface area contributed by atoms with Crippen LogP contribution in [0, 0.1) is 11.8 Å². The van der Waals surface area contributed by atoms with Crippen molar-refractivity contribution in [3.05, 3.63) is 46.3 Å². The number of ketones is 1. The van der Waals surface area contributed by atoms with E-state index in [0.717, 1.165) is 0 Å². The Morgan fingerprint density at radius 1 is 1.09 bits per heavy atom. The van der Waals surface area contributed by atoms with Gasteiger partial charge in [0.1, 0.15) is 5.92 Å². The minimum Gasteiger partial charge on any atom is -0.493 e. The fraction of sp³-hybridized carbons (Fsp3) is 0.480. The van der Waals surface area contributed by atoms with Crippen LogP contribution in [0.2, 0.25) is 0 Å². The van der Waals surface area contributed by atoms with E-state index in [0.29, 0.717) is 46.0 Å². The Bertz CT molecular complexity index is 1040. The highest BCUT2D eigenvalue weighted by atomic mass is 16.5. The summed E-state index contributed by atoms with van der Waals surface area (Å²) < 4.78 is 21.3. The van der Waals surface area contributed by atoms with E-state index in [1.807, 2.05) is 6.92 Å². The van der Waals surface area contributed by atoms with Gasteiger partial charge in [0.05, 0.1) is 33.0 Å². The van der Waals surface area contributed by atoms with Gasteiger partial charge in [-0.05, 0) is 50.8 Å². The first-order valence-electron chi connectivity index (χ1n) is 10.9. The van der Waals surface area contributed by atoms with E-state index in [-0.39, 0.29) is 17.8 Å². The summed E-state index contributed by atoms with van der Waals surface area (Å²) in [6.07, 6.45) is 0.123. The molecule has 1 aromatic rings. The Balaban J connectivity index is 2.23. The summed E-state index contributed by atoms with van der Waals surface area (Å²) in [6, 6.07) is 5.26. The number of carbonyl (C=O) groups is 3. The van der Waals surface area contributed by atoms with Gasteiger partial charge in [0, 0.05) is 22.9 Å². The maximum Gasteiger partial charge on any atom is 0.337 e. The van der Waals surface area contributed by atoms with E-state index >= 15 is 0 Å². The van der Waals surface area contributed by atoms with Gasteiger partial charge in [0.15, 0.2) is 17.3 Å². The third kappa shape index (κ3) is 4.47. The molecule has 8 heteroatoms. The molecule has 0 amide bonds. The van der Waals surface area contributed by atoms with Gasteiger partial charge >= 0.3 is 11.9 Å². The highest BCUT2D eigenvalue weighted by molar-refractivity contribution is 6.12. The predicted molar refractivity (Wildman–Crippen MR) is 121 cm³/mol. The van der Waals surface area contributed by atoms with Gasteiger partial charge < -0.3 is 24.3 Å². The first kappa shape index (κ1) is 24.4. The molecule has 0 fully saturated rings. The Hall–Kier alpha value is -3.29. The topological polar surface area (TPSA) is 100 Å². The molecule has 1 heterocycles. The number of carbonyl (C=O) groups excluding carboxylic acids is 3. The van der Waals surface area contributed by atoms with Crippen LogP contribution in [0.5, 0.6) is 11.5 Å². The number of nitrogens with one attached hydrogen (secondary N) is 1. The Kier molecular flexibility index (Phi) is 7.15. The molecule has 1 N–H and O–H groups in total. The van der Waals surface area contributed by atoms with E-state index < -0.39 is 23.8 Å². The summed E-state index contributed by atoms with van der Waals surface area (Å²) in [6.45, 7) is 7.16. The van der Waals surface area contributed by atoms with Crippen LogP contribution >= 0.6 is 0 Å². The molecule has 0 unspecified atom stereocenters. The fourth-order valence-electron chi connectivity index (χ4n) is 4.59. The predicted octanol–water partition coefficient (Wildman–Crippen LogP) is 3.27. The molecule has 178 valence electrons. The molecule has 0 aromatic heterocycles. The molecule has 0 radical (unpaired) electrons. The van der Waals surface area contributed by atoms with Crippen LogP contribution in [0.3, 0.4) is 0 Å². The monoisotopic (exact) mass is 457 g/mol. The van der Waals surface area contributed by atoms with Crippen molar-refractivity contribution in [1.29, 1.82) is 0 Å². The normalized spacial score (nSPS) is 22.5. The number of ether oxygens (including phenoxy) is 4. The molecule has 0 spiro atoms. The molecule has 0 saturated heterocycles. The van der Waals surface area contributed by atoms with Crippen molar-refractivity contribution in [3.8, 4) is 11.5 Å². The van der Waals surface area contributed by atoms with Crippen LogP contribution in [0.1, 0.15) is 45.6 Å². The van der Waals surface area contributed by atoms with Crippen molar-refractivity contribution in [3.63, 3.8) is 0 Å². The summed E-state index contributed by atoms with van der Waals surface area (Å²) in [5.74, 6) is -2.41. The van der Waals surface area contributed by atoms with Crippen LogP contribution in [-0.2, 0) is 23.9 Å². The highest BCUT2D eigenvalue weighted by Gasteiger charge is 2.47. The third-order valence-electron chi connectivity index (χ3n) is 6.05. The van der Waals surface area contributed by atoms with Gasteiger partial charge in [0.2, 0.25) is 0 Å². The van der Waals surface area contributed by atoms with Crippen LogP contribution in [-0.4, -0.2) is 45.2 Å². The summed E-state index contributed by atoms with van der Waals surface area (Å²) in [5.41, 5.74) is 2.66. The molecule has 1 aliphatic heterocycles. The molecule has 1 aromatic carbocycles. The second kappa shape index (κ2) is 9.68. The molecule has 0 saturated carbocycles. The zero-order valence-electron chi connectivity index (χ0n) is 20.1. The van der Waals surface area contributed by atoms with E-state index in [2.05, 4.69) is 5.32 Å². The average Bonchev–Trinajstić information content (AvgIpc) is 2.76. The van der Waals surface area contributed by atoms with Gasteiger partial charge in [0.25, 0.3) is 0 Å². The lowest BCUT2D eigenvalue weighted by Crippen LogP contribution is -2.43. The zero-order valence-corrected chi connectivity index (χ0v) is 20.1. The fourth-order valence-corrected chi connectivity index (χ4v) is 4.59. The molecule has 3 rings (SSSR count). The molecule has 33 heavy (non-hydrogen) atoms. The number of benzene rings is 1. The SMILES string of the molecule is COC(=O)[C@H]1C(=O)C2=C(C[C@H]1C)NC(C)=C(C(=O)OC(C)C)[C@@H]2c1ccc(OC)c(OC)c1. The minimum absolute atomic E-state index is 0.251. The highest BCUT2D eigenvalue weighted by Crippen LogP contribution is 2.46. The molecule has 0 bridgehead atoms. The van der Waals surface area contributed by atoms with Gasteiger partial charge in [-0.3, -0.25) is 9.59 Å². The summed E-state index contributed by atoms with van der Waals surface area (Å²) >= 11 is 0. The smallest absolute Gasteiger partial charge is 0.337 e. The molecule has 3 atom stereocenters. The number of esters is 2. The molecule has 8 nitrogen and oxygen atoms in total. The van der Waals surface area contributed by atoms with Crippen LogP contribution < -0.4 is 14.8 Å². The summed E-state index contributed by atoms with van der Waals surface area (Å²) in [4.78, 5) is 39.4. The minimum atomic E-state index is -0.945. The third-order valence-corrected chi connectivity index (χ3v) is 6.05. The molecular weight excluding hydrogens is 426 g/mol. The number of rotatable bonds is 6. The first-order valence-corrected chi connectivity index (χ1v) is 10.9. The van der Waals surface area contributed by atoms with Crippen molar-refractivity contribution >= 4 is 17.7 Å². The van der Waals surface area contributed by atoms with Crippen molar-refractivity contribution in [1.82, 2.24) is 5.32 Å².